The van der Waals surface area contributed by atoms with Crippen LogP contribution in [0.2, 0.25) is 0 Å². The zero-order valence-corrected chi connectivity index (χ0v) is 29.3. The molecule has 1 nitrogen and oxygen atoms in total. The fraction of sp³-hybridized carbons (Fsp3) is 0.244. The van der Waals surface area contributed by atoms with E-state index in [1.54, 1.807) is 4.88 Å². The van der Waals surface area contributed by atoms with Gasteiger partial charge in [0, 0.05) is 40.6 Å². The molecule has 0 fully saturated rings. The molecule has 9 aromatic rings. The first-order chi connectivity index (χ1) is 22.7. The van der Waals surface area contributed by atoms with Gasteiger partial charge < -0.3 is 0 Å². The van der Waals surface area contributed by atoms with Crippen LogP contribution in [0.25, 0.3) is 81.9 Å². The molecule has 5 heteroatoms. The lowest BCUT2D eigenvalue weighted by atomic mass is 10.0. The highest BCUT2D eigenvalue weighted by Gasteiger charge is 2.16. The molecule has 0 spiro atoms. The summed E-state index contributed by atoms with van der Waals surface area (Å²) in [7, 11) is 0. The molecule has 0 aliphatic heterocycles. The number of thiophene rings is 4. The second-order valence-corrected chi connectivity index (χ2v) is 17.2. The Bertz CT molecular complexity index is 2520. The molecule has 5 aromatic heterocycles. The Morgan fingerprint density at radius 3 is 1.74 bits per heavy atom. The van der Waals surface area contributed by atoms with Crippen molar-refractivity contribution < 1.29 is 0 Å². The molecular weight excluding hydrogens is 635 g/mol. The van der Waals surface area contributed by atoms with Crippen LogP contribution in [-0.2, 0) is 6.42 Å². The molecule has 228 valence electrons. The van der Waals surface area contributed by atoms with Gasteiger partial charge in [0.2, 0.25) is 0 Å². The topological polar surface area (TPSA) is 12.9 Å². The van der Waals surface area contributed by atoms with Crippen molar-refractivity contribution in [1.82, 2.24) is 4.98 Å². The molecule has 0 N–H and O–H groups in total. The summed E-state index contributed by atoms with van der Waals surface area (Å²) in [6.45, 7) is 2.30. The molecule has 0 radical (unpaired) electrons. The minimum Gasteiger partial charge on any atom is -0.255 e. The Morgan fingerprint density at radius 1 is 0.500 bits per heavy atom. The van der Waals surface area contributed by atoms with Gasteiger partial charge in [-0.15, -0.1) is 45.3 Å². The van der Waals surface area contributed by atoms with Crippen molar-refractivity contribution in [3.8, 4) is 10.6 Å². The third kappa shape index (κ3) is 5.22. The first-order valence-corrected chi connectivity index (χ1v) is 20.0. The fourth-order valence-electron chi connectivity index (χ4n) is 7.07. The maximum absolute atomic E-state index is 4.58. The number of rotatable bonds is 10. The Balaban J connectivity index is 1.03. The van der Waals surface area contributed by atoms with Gasteiger partial charge in [-0.3, -0.25) is 4.98 Å². The van der Waals surface area contributed by atoms with E-state index in [4.69, 9.17) is 0 Å². The summed E-state index contributed by atoms with van der Waals surface area (Å²) in [6, 6.07) is 30.3. The number of unbranched alkanes of at least 4 members (excludes halogenated alkanes) is 7. The van der Waals surface area contributed by atoms with E-state index in [0.717, 1.165) is 5.69 Å². The average molecular weight is 670 g/mol. The van der Waals surface area contributed by atoms with Crippen molar-refractivity contribution >= 4 is 117 Å². The molecular formula is C41H35NS4. The molecule has 4 aromatic carbocycles. The van der Waals surface area contributed by atoms with Gasteiger partial charge in [-0.25, -0.2) is 0 Å². The Kier molecular flexibility index (Phi) is 7.54. The van der Waals surface area contributed by atoms with Crippen LogP contribution in [0.3, 0.4) is 0 Å². The number of fused-ring (bicyclic) bond motifs is 9. The number of benzene rings is 4. The third-order valence-electron chi connectivity index (χ3n) is 9.51. The maximum atomic E-state index is 4.58. The van der Waals surface area contributed by atoms with E-state index in [2.05, 4.69) is 84.7 Å². The predicted molar refractivity (Wildman–Crippen MR) is 210 cm³/mol. The van der Waals surface area contributed by atoms with Gasteiger partial charge in [-0.05, 0) is 118 Å². The predicted octanol–water partition coefficient (Wildman–Crippen LogP) is 14.8. The zero-order chi connectivity index (χ0) is 30.6. The van der Waals surface area contributed by atoms with Gasteiger partial charge in [-0.2, -0.15) is 0 Å². The summed E-state index contributed by atoms with van der Waals surface area (Å²) >= 11 is 7.77. The average Bonchev–Trinajstić information content (AvgIpc) is 3.84. The Labute approximate surface area is 285 Å². The van der Waals surface area contributed by atoms with E-state index in [9.17, 15) is 0 Å². The van der Waals surface area contributed by atoms with E-state index in [1.807, 2.05) is 57.6 Å². The SMILES string of the molecule is CCCCCCCCCCc1cc2cc3cc4c(cc3cc2s1)sc1c2cc3cc5cc(-c6ccccn6)sc5cc3cc2sc41. The van der Waals surface area contributed by atoms with Crippen molar-refractivity contribution in [2.45, 2.75) is 64.7 Å². The van der Waals surface area contributed by atoms with E-state index in [1.165, 1.54) is 134 Å². The van der Waals surface area contributed by atoms with E-state index in [-0.39, 0.29) is 0 Å². The third-order valence-corrected chi connectivity index (χ3v) is 14.3. The van der Waals surface area contributed by atoms with Gasteiger partial charge in [-0.1, -0.05) is 57.9 Å². The Hall–Kier alpha value is -3.35. The van der Waals surface area contributed by atoms with Crippen LogP contribution in [-0.4, -0.2) is 4.98 Å². The van der Waals surface area contributed by atoms with Crippen LogP contribution in [0.1, 0.15) is 63.2 Å². The number of pyridine rings is 1. The minimum atomic E-state index is 1.05. The van der Waals surface area contributed by atoms with Gasteiger partial charge >= 0.3 is 0 Å². The first-order valence-electron chi connectivity index (χ1n) is 16.7. The standard InChI is InChI=1S/C41H35NS4/c1-2-3-4-5-6-7-8-9-12-31-17-29-15-25-18-32-37(22-27(25)20-35(29)43-31)45-41-33-19-26-16-30-24-39(34-13-10-11-14-42-34)44-36(30)21-28(26)23-38(33)46-40(32)41/h10-11,13-24H,2-9,12H2,1H3. The molecule has 46 heavy (non-hydrogen) atoms. The molecule has 5 heterocycles. The zero-order valence-electron chi connectivity index (χ0n) is 26.0. The summed E-state index contributed by atoms with van der Waals surface area (Å²) < 4.78 is 8.41. The fourth-order valence-corrected chi connectivity index (χ4v) is 12.0. The van der Waals surface area contributed by atoms with Crippen LogP contribution >= 0.6 is 45.3 Å². The van der Waals surface area contributed by atoms with Gasteiger partial charge in [0.15, 0.2) is 0 Å². The lowest BCUT2D eigenvalue weighted by Gasteiger charge is -2.00. The molecule has 0 saturated carbocycles. The summed E-state index contributed by atoms with van der Waals surface area (Å²) in [4.78, 5) is 7.35. The number of hydrogen-bond acceptors (Lipinski definition) is 5. The van der Waals surface area contributed by atoms with Crippen molar-refractivity contribution in [2.75, 3.05) is 0 Å². The lowest BCUT2D eigenvalue weighted by Crippen LogP contribution is -1.83. The monoisotopic (exact) mass is 669 g/mol. The lowest BCUT2D eigenvalue weighted by molar-refractivity contribution is 0.576. The number of aromatic nitrogens is 1. The van der Waals surface area contributed by atoms with E-state index in [0.29, 0.717) is 0 Å². The molecule has 0 bridgehead atoms. The summed E-state index contributed by atoms with van der Waals surface area (Å²) in [5.74, 6) is 0. The van der Waals surface area contributed by atoms with Gasteiger partial charge in [0.05, 0.1) is 20.0 Å². The molecule has 0 unspecified atom stereocenters. The van der Waals surface area contributed by atoms with Crippen molar-refractivity contribution in [1.29, 1.82) is 0 Å². The summed E-state index contributed by atoms with van der Waals surface area (Å²) in [5, 5.41) is 10.9. The van der Waals surface area contributed by atoms with Gasteiger partial charge in [0.1, 0.15) is 0 Å². The van der Waals surface area contributed by atoms with Crippen LogP contribution < -0.4 is 0 Å². The minimum absolute atomic E-state index is 1.05. The van der Waals surface area contributed by atoms with Crippen molar-refractivity contribution in [3.05, 3.63) is 89.9 Å². The van der Waals surface area contributed by atoms with Crippen LogP contribution in [0, 0.1) is 0 Å². The second kappa shape index (κ2) is 12.0. The molecule has 0 amide bonds. The smallest absolute Gasteiger partial charge is 0.0802 e. The highest BCUT2D eigenvalue weighted by atomic mass is 32.1. The molecule has 0 aliphatic carbocycles. The van der Waals surface area contributed by atoms with E-state index >= 15 is 0 Å². The van der Waals surface area contributed by atoms with Gasteiger partial charge in [0.25, 0.3) is 0 Å². The van der Waals surface area contributed by atoms with Crippen molar-refractivity contribution in [2.24, 2.45) is 0 Å². The molecule has 0 aliphatic rings. The molecule has 0 atom stereocenters. The Morgan fingerprint density at radius 2 is 1.09 bits per heavy atom. The first kappa shape index (κ1) is 28.8. The maximum Gasteiger partial charge on any atom is 0.0802 e. The quantitative estimate of drug-likeness (QED) is 0.132. The largest absolute Gasteiger partial charge is 0.255 e. The highest BCUT2D eigenvalue weighted by molar-refractivity contribution is 7.36. The van der Waals surface area contributed by atoms with Crippen LogP contribution in [0.5, 0.6) is 0 Å². The van der Waals surface area contributed by atoms with Crippen LogP contribution in [0.15, 0.2) is 85.1 Å². The normalized spacial score (nSPS) is 12.4. The number of aryl methyl sites for hydroxylation is 1. The number of hydrogen-bond donors (Lipinski definition) is 0. The van der Waals surface area contributed by atoms with Crippen LogP contribution in [0.4, 0.5) is 0 Å². The number of nitrogens with zero attached hydrogens (tertiary/aromatic N) is 1. The second-order valence-electron chi connectivity index (χ2n) is 12.8. The highest BCUT2D eigenvalue weighted by Crippen LogP contribution is 2.47. The summed E-state index contributed by atoms with van der Waals surface area (Å²) in [6.07, 6.45) is 14.1. The van der Waals surface area contributed by atoms with E-state index < -0.39 is 0 Å². The molecule has 9 rings (SSSR count). The van der Waals surface area contributed by atoms with Crippen molar-refractivity contribution in [3.63, 3.8) is 0 Å². The summed E-state index contributed by atoms with van der Waals surface area (Å²) in [5.41, 5.74) is 1.05. The molecule has 0 saturated heterocycles.